The predicted molar refractivity (Wildman–Crippen MR) is 103 cm³/mol. The second kappa shape index (κ2) is 7.20. The molecule has 2 aliphatic carbocycles. The molecule has 0 spiro atoms. The SMILES string of the molecule is Cc1cc(C)n(-c2ccc(=O)n(C3CCC(NCC4(O)CCC4)CC3)n2)n1. The van der Waals surface area contributed by atoms with Gasteiger partial charge in [-0.2, -0.15) is 5.10 Å². The van der Waals surface area contributed by atoms with Crippen LogP contribution in [-0.4, -0.2) is 42.9 Å². The highest BCUT2D eigenvalue weighted by Crippen LogP contribution is 2.32. The fourth-order valence-corrected chi connectivity index (χ4v) is 4.27. The lowest BCUT2D eigenvalue weighted by atomic mass is 9.80. The van der Waals surface area contributed by atoms with Crippen molar-refractivity contribution in [1.82, 2.24) is 24.9 Å². The highest BCUT2D eigenvalue weighted by Gasteiger charge is 2.35. The highest BCUT2D eigenvalue weighted by atomic mass is 16.3. The van der Waals surface area contributed by atoms with Gasteiger partial charge in [0.05, 0.1) is 17.3 Å². The zero-order chi connectivity index (χ0) is 19.0. The number of nitrogens with one attached hydrogen (secondary N) is 1. The van der Waals surface area contributed by atoms with Crippen LogP contribution >= 0.6 is 0 Å². The van der Waals surface area contributed by atoms with Gasteiger partial charge in [0.2, 0.25) is 0 Å². The van der Waals surface area contributed by atoms with Crippen LogP contribution in [0.4, 0.5) is 0 Å². The molecule has 27 heavy (non-hydrogen) atoms. The molecule has 0 saturated heterocycles. The molecule has 7 heteroatoms. The third kappa shape index (κ3) is 3.84. The summed E-state index contributed by atoms with van der Waals surface area (Å²) in [5, 5.41) is 22.9. The van der Waals surface area contributed by atoms with Crippen LogP contribution in [0.3, 0.4) is 0 Å². The summed E-state index contributed by atoms with van der Waals surface area (Å²) in [6.07, 6.45) is 6.79. The topological polar surface area (TPSA) is 85.0 Å². The molecule has 2 aliphatic rings. The van der Waals surface area contributed by atoms with Gasteiger partial charge >= 0.3 is 0 Å². The minimum atomic E-state index is -0.483. The molecule has 0 bridgehead atoms. The first-order valence-corrected chi connectivity index (χ1v) is 10.0. The van der Waals surface area contributed by atoms with E-state index in [9.17, 15) is 9.90 Å². The Bertz CT molecular complexity index is 859. The molecule has 2 heterocycles. The molecular weight excluding hydrogens is 342 g/mol. The Morgan fingerprint density at radius 3 is 2.52 bits per heavy atom. The van der Waals surface area contributed by atoms with Gasteiger partial charge in [0.25, 0.3) is 5.56 Å². The zero-order valence-corrected chi connectivity index (χ0v) is 16.2. The number of hydrogen-bond acceptors (Lipinski definition) is 5. The van der Waals surface area contributed by atoms with E-state index in [1.165, 1.54) is 0 Å². The average molecular weight is 371 g/mol. The van der Waals surface area contributed by atoms with E-state index in [2.05, 4.69) is 15.5 Å². The lowest BCUT2D eigenvalue weighted by molar-refractivity contribution is -0.0342. The Morgan fingerprint density at radius 1 is 1.19 bits per heavy atom. The quantitative estimate of drug-likeness (QED) is 0.840. The summed E-state index contributed by atoms with van der Waals surface area (Å²) >= 11 is 0. The summed E-state index contributed by atoms with van der Waals surface area (Å²) in [6.45, 7) is 4.63. The number of aromatic nitrogens is 4. The van der Waals surface area contributed by atoms with Crippen LogP contribution in [0.2, 0.25) is 0 Å². The minimum absolute atomic E-state index is 0.0551. The monoisotopic (exact) mass is 371 g/mol. The maximum absolute atomic E-state index is 12.4. The second-order valence-corrected chi connectivity index (χ2v) is 8.28. The van der Waals surface area contributed by atoms with Gasteiger partial charge in [0.1, 0.15) is 0 Å². The Balaban J connectivity index is 1.42. The fraction of sp³-hybridized carbons (Fsp3) is 0.650. The number of hydrogen-bond donors (Lipinski definition) is 2. The fourth-order valence-electron chi connectivity index (χ4n) is 4.27. The molecule has 0 amide bonds. The van der Waals surface area contributed by atoms with Crippen molar-refractivity contribution in [3.05, 3.63) is 39.9 Å². The van der Waals surface area contributed by atoms with Gasteiger partial charge in [-0.15, -0.1) is 5.10 Å². The summed E-state index contributed by atoms with van der Waals surface area (Å²) in [6, 6.07) is 5.88. The molecule has 0 radical (unpaired) electrons. The second-order valence-electron chi connectivity index (χ2n) is 8.28. The van der Waals surface area contributed by atoms with Gasteiger partial charge in [-0.1, -0.05) is 0 Å². The molecule has 4 rings (SSSR count). The van der Waals surface area contributed by atoms with Crippen LogP contribution in [-0.2, 0) is 0 Å². The molecule has 0 atom stereocenters. The number of aliphatic hydroxyl groups is 1. The number of aryl methyl sites for hydroxylation is 2. The van der Waals surface area contributed by atoms with E-state index in [4.69, 9.17) is 0 Å². The third-order valence-corrected chi connectivity index (χ3v) is 6.08. The standard InChI is InChI=1S/C20H29N5O2/c1-14-12-15(2)24(22-14)18-8-9-19(26)25(23-18)17-6-4-16(5-7-17)21-13-20(27)10-3-11-20/h8-9,12,16-17,21,27H,3-7,10-11,13H2,1-2H3. The molecular formula is C20H29N5O2. The van der Waals surface area contributed by atoms with Gasteiger partial charge in [-0.05, 0) is 70.9 Å². The van der Waals surface area contributed by atoms with Crippen molar-refractivity contribution >= 4 is 0 Å². The number of rotatable bonds is 5. The Labute approximate surface area is 159 Å². The first-order valence-electron chi connectivity index (χ1n) is 10.0. The van der Waals surface area contributed by atoms with Crippen molar-refractivity contribution < 1.29 is 5.11 Å². The predicted octanol–water partition coefficient (Wildman–Crippen LogP) is 2.03. The summed E-state index contributed by atoms with van der Waals surface area (Å²) in [5.74, 6) is 0.688. The van der Waals surface area contributed by atoms with Crippen molar-refractivity contribution in [1.29, 1.82) is 0 Å². The molecule has 146 valence electrons. The first kappa shape index (κ1) is 18.4. The van der Waals surface area contributed by atoms with Crippen LogP contribution in [0.5, 0.6) is 0 Å². The van der Waals surface area contributed by atoms with Crippen molar-refractivity contribution in [2.75, 3.05) is 6.54 Å². The summed E-state index contributed by atoms with van der Waals surface area (Å²) in [7, 11) is 0. The van der Waals surface area contributed by atoms with Gasteiger partial charge < -0.3 is 10.4 Å². The minimum Gasteiger partial charge on any atom is -0.389 e. The van der Waals surface area contributed by atoms with Crippen molar-refractivity contribution in [2.24, 2.45) is 0 Å². The van der Waals surface area contributed by atoms with E-state index in [1.54, 1.807) is 21.5 Å². The molecule has 2 aromatic rings. The van der Waals surface area contributed by atoms with E-state index >= 15 is 0 Å². The Morgan fingerprint density at radius 2 is 1.93 bits per heavy atom. The summed E-state index contributed by atoms with van der Waals surface area (Å²) < 4.78 is 3.43. The van der Waals surface area contributed by atoms with Gasteiger partial charge in [0, 0.05) is 24.3 Å². The lowest BCUT2D eigenvalue weighted by Gasteiger charge is -2.39. The van der Waals surface area contributed by atoms with E-state index in [-0.39, 0.29) is 11.6 Å². The van der Waals surface area contributed by atoms with E-state index < -0.39 is 5.60 Å². The van der Waals surface area contributed by atoms with Crippen LogP contribution in [0.15, 0.2) is 23.0 Å². The van der Waals surface area contributed by atoms with E-state index in [1.807, 2.05) is 19.9 Å². The maximum atomic E-state index is 12.4. The summed E-state index contributed by atoms with van der Waals surface area (Å²) in [4.78, 5) is 12.4. The molecule has 2 saturated carbocycles. The Kier molecular flexibility index (Phi) is 4.90. The van der Waals surface area contributed by atoms with Crippen molar-refractivity contribution in [2.45, 2.75) is 76.5 Å². The van der Waals surface area contributed by atoms with Gasteiger partial charge in [-0.3, -0.25) is 4.79 Å². The Hall–Kier alpha value is -1.99. The largest absolute Gasteiger partial charge is 0.389 e. The molecule has 0 aromatic carbocycles. The average Bonchev–Trinajstić information content (AvgIpc) is 2.97. The molecule has 2 N–H and O–H groups in total. The van der Waals surface area contributed by atoms with E-state index in [0.717, 1.165) is 56.3 Å². The lowest BCUT2D eigenvalue weighted by Crippen LogP contribution is -2.49. The molecule has 2 fully saturated rings. The van der Waals surface area contributed by atoms with Gasteiger partial charge in [0.15, 0.2) is 5.82 Å². The van der Waals surface area contributed by atoms with Crippen LogP contribution in [0.1, 0.15) is 62.4 Å². The van der Waals surface area contributed by atoms with Crippen LogP contribution < -0.4 is 10.9 Å². The maximum Gasteiger partial charge on any atom is 0.267 e. The normalized spacial score (nSPS) is 24.6. The van der Waals surface area contributed by atoms with Crippen molar-refractivity contribution in [3.8, 4) is 5.82 Å². The number of nitrogens with zero attached hydrogens (tertiary/aromatic N) is 4. The first-order chi connectivity index (χ1) is 12.9. The molecule has 7 nitrogen and oxygen atoms in total. The highest BCUT2D eigenvalue weighted by molar-refractivity contribution is 5.24. The molecule has 0 unspecified atom stereocenters. The molecule has 0 aliphatic heterocycles. The van der Waals surface area contributed by atoms with Crippen molar-refractivity contribution in [3.63, 3.8) is 0 Å². The molecule has 2 aromatic heterocycles. The zero-order valence-electron chi connectivity index (χ0n) is 16.2. The van der Waals surface area contributed by atoms with Crippen LogP contribution in [0.25, 0.3) is 5.82 Å². The van der Waals surface area contributed by atoms with Gasteiger partial charge in [-0.25, -0.2) is 9.36 Å². The summed E-state index contributed by atoms with van der Waals surface area (Å²) in [5.41, 5.74) is 1.41. The smallest absolute Gasteiger partial charge is 0.267 e. The van der Waals surface area contributed by atoms with E-state index in [0.29, 0.717) is 18.4 Å². The third-order valence-electron chi connectivity index (χ3n) is 6.08. The van der Waals surface area contributed by atoms with Crippen LogP contribution in [0, 0.1) is 13.8 Å².